The van der Waals surface area contributed by atoms with Gasteiger partial charge < -0.3 is 21.2 Å². The third-order valence-corrected chi connectivity index (χ3v) is 2.02. The highest BCUT2D eigenvalue weighted by atomic mass is 16.2. The van der Waals surface area contributed by atoms with Gasteiger partial charge in [-0.15, -0.1) is 0 Å². The van der Waals surface area contributed by atoms with E-state index in [4.69, 9.17) is 5.73 Å². The second-order valence-electron chi connectivity index (χ2n) is 3.93. The predicted octanol–water partition coefficient (Wildman–Crippen LogP) is -1.21. The summed E-state index contributed by atoms with van der Waals surface area (Å²) in [5, 5.41) is 4.93. The molecule has 0 aliphatic heterocycles. The Bertz CT molecular complexity index is 264. The molecule has 6 heteroatoms. The van der Waals surface area contributed by atoms with Crippen LogP contribution in [0.1, 0.15) is 20.8 Å². The van der Waals surface area contributed by atoms with Crippen LogP contribution in [0.2, 0.25) is 0 Å². The van der Waals surface area contributed by atoms with Crippen molar-refractivity contribution < 1.29 is 14.4 Å². The Hall–Kier alpha value is -1.43. The van der Waals surface area contributed by atoms with Crippen LogP contribution in [-0.2, 0) is 14.4 Å². The SMILES string of the molecule is CC(N)C(=O)NC(C(=O)NCC=O)C(C)C. The second-order valence-corrected chi connectivity index (χ2v) is 3.93. The number of amides is 2. The number of carbonyl (C=O) groups excluding carboxylic acids is 3. The fraction of sp³-hybridized carbons (Fsp3) is 0.700. The first-order chi connectivity index (χ1) is 7.40. The summed E-state index contributed by atoms with van der Waals surface area (Å²) in [5.74, 6) is -0.842. The Labute approximate surface area is 94.9 Å². The number of nitrogens with two attached hydrogens (primary N) is 1. The molecule has 0 saturated heterocycles. The molecule has 4 N–H and O–H groups in total. The van der Waals surface area contributed by atoms with Crippen molar-refractivity contribution in [2.24, 2.45) is 11.7 Å². The van der Waals surface area contributed by atoms with E-state index in [2.05, 4.69) is 10.6 Å². The van der Waals surface area contributed by atoms with Crippen LogP contribution in [0.15, 0.2) is 0 Å². The van der Waals surface area contributed by atoms with Crippen molar-refractivity contribution in [1.29, 1.82) is 0 Å². The average Bonchev–Trinajstić information content (AvgIpc) is 2.21. The summed E-state index contributed by atoms with van der Waals surface area (Å²) in [6, 6.07) is -1.33. The maximum absolute atomic E-state index is 11.6. The molecule has 0 radical (unpaired) electrons. The first-order valence-corrected chi connectivity index (χ1v) is 5.17. The first kappa shape index (κ1) is 14.6. The van der Waals surface area contributed by atoms with Gasteiger partial charge in [-0.3, -0.25) is 9.59 Å². The summed E-state index contributed by atoms with van der Waals surface area (Å²) < 4.78 is 0. The second kappa shape index (κ2) is 6.95. The van der Waals surface area contributed by atoms with Gasteiger partial charge in [-0.2, -0.15) is 0 Å². The first-order valence-electron chi connectivity index (χ1n) is 5.17. The minimum Gasteiger partial charge on any atom is -0.348 e. The van der Waals surface area contributed by atoms with Crippen LogP contribution < -0.4 is 16.4 Å². The van der Waals surface area contributed by atoms with E-state index in [1.807, 2.05) is 0 Å². The van der Waals surface area contributed by atoms with Gasteiger partial charge in [0.25, 0.3) is 0 Å². The topological polar surface area (TPSA) is 101 Å². The summed E-state index contributed by atoms with van der Waals surface area (Å²) in [6.45, 7) is 5.07. The van der Waals surface area contributed by atoms with Gasteiger partial charge in [-0.05, 0) is 12.8 Å². The average molecular weight is 229 g/mol. The van der Waals surface area contributed by atoms with E-state index in [1.54, 1.807) is 13.8 Å². The molecule has 0 saturated carbocycles. The fourth-order valence-electron chi connectivity index (χ4n) is 1.07. The maximum atomic E-state index is 11.6. The van der Waals surface area contributed by atoms with Gasteiger partial charge in [0.2, 0.25) is 11.8 Å². The third-order valence-electron chi connectivity index (χ3n) is 2.02. The quantitative estimate of drug-likeness (QED) is 0.497. The van der Waals surface area contributed by atoms with E-state index in [-0.39, 0.29) is 24.3 Å². The molecule has 16 heavy (non-hydrogen) atoms. The molecule has 0 aromatic rings. The number of aldehydes is 1. The summed E-state index contributed by atoms with van der Waals surface area (Å²) in [5.41, 5.74) is 5.38. The van der Waals surface area contributed by atoms with Gasteiger partial charge in [0, 0.05) is 0 Å². The van der Waals surface area contributed by atoms with E-state index in [1.165, 1.54) is 6.92 Å². The molecule has 0 fully saturated rings. The summed E-state index contributed by atoms with van der Waals surface area (Å²) in [7, 11) is 0. The highest BCUT2D eigenvalue weighted by Gasteiger charge is 2.24. The number of hydrogen-bond acceptors (Lipinski definition) is 4. The Morgan fingerprint density at radius 2 is 1.81 bits per heavy atom. The molecule has 92 valence electrons. The Morgan fingerprint density at radius 1 is 1.25 bits per heavy atom. The third kappa shape index (κ3) is 4.88. The molecule has 2 amide bonds. The van der Waals surface area contributed by atoms with E-state index < -0.39 is 12.1 Å². The van der Waals surface area contributed by atoms with Gasteiger partial charge in [-0.25, -0.2) is 0 Å². The minimum absolute atomic E-state index is 0.0594. The van der Waals surface area contributed by atoms with Crippen molar-refractivity contribution in [1.82, 2.24) is 10.6 Å². The highest BCUT2D eigenvalue weighted by Crippen LogP contribution is 2.01. The van der Waals surface area contributed by atoms with E-state index in [0.29, 0.717) is 6.29 Å². The van der Waals surface area contributed by atoms with Crippen molar-refractivity contribution in [3.8, 4) is 0 Å². The Balaban J connectivity index is 4.43. The van der Waals surface area contributed by atoms with Crippen LogP contribution in [-0.4, -0.2) is 36.7 Å². The van der Waals surface area contributed by atoms with Gasteiger partial charge in [0.1, 0.15) is 12.3 Å². The monoisotopic (exact) mass is 229 g/mol. The lowest BCUT2D eigenvalue weighted by molar-refractivity contribution is -0.130. The van der Waals surface area contributed by atoms with Gasteiger partial charge >= 0.3 is 0 Å². The molecule has 0 aromatic carbocycles. The molecule has 6 nitrogen and oxygen atoms in total. The molecule has 0 spiro atoms. The zero-order chi connectivity index (χ0) is 12.7. The molecule has 0 heterocycles. The van der Waals surface area contributed by atoms with Gasteiger partial charge in [0.05, 0.1) is 12.6 Å². The lowest BCUT2D eigenvalue weighted by Gasteiger charge is -2.22. The van der Waals surface area contributed by atoms with Crippen LogP contribution in [0.4, 0.5) is 0 Å². The number of nitrogens with one attached hydrogen (secondary N) is 2. The van der Waals surface area contributed by atoms with Crippen molar-refractivity contribution >= 4 is 18.1 Å². The molecule has 2 atom stereocenters. The van der Waals surface area contributed by atoms with E-state index in [0.717, 1.165) is 0 Å². The standard InChI is InChI=1S/C10H19N3O3/c1-6(2)8(10(16)12-4-5-14)13-9(15)7(3)11/h5-8H,4,11H2,1-3H3,(H,12,16)(H,13,15). The molecule has 0 bridgehead atoms. The Kier molecular flexibility index (Phi) is 6.32. The smallest absolute Gasteiger partial charge is 0.243 e. The lowest BCUT2D eigenvalue weighted by Crippen LogP contribution is -2.53. The number of carbonyl (C=O) groups is 3. The molecule has 0 aliphatic carbocycles. The molecule has 0 rings (SSSR count). The molecule has 2 unspecified atom stereocenters. The van der Waals surface area contributed by atoms with Gasteiger partial charge in [-0.1, -0.05) is 13.8 Å². The Morgan fingerprint density at radius 3 is 2.19 bits per heavy atom. The van der Waals surface area contributed by atoms with Crippen molar-refractivity contribution in [2.75, 3.05) is 6.54 Å². The molecular weight excluding hydrogens is 210 g/mol. The van der Waals surface area contributed by atoms with Crippen molar-refractivity contribution in [2.45, 2.75) is 32.9 Å². The summed E-state index contributed by atoms with van der Waals surface area (Å²) >= 11 is 0. The van der Waals surface area contributed by atoms with Gasteiger partial charge in [0.15, 0.2) is 0 Å². The minimum atomic E-state index is -0.668. The summed E-state index contributed by atoms with van der Waals surface area (Å²) in [4.78, 5) is 33.0. The lowest BCUT2D eigenvalue weighted by atomic mass is 10.0. The van der Waals surface area contributed by atoms with Crippen LogP contribution in [0.25, 0.3) is 0 Å². The zero-order valence-electron chi connectivity index (χ0n) is 9.82. The highest BCUT2D eigenvalue weighted by molar-refractivity contribution is 5.90. The van der Waals surface area contributed by atoms with Crippen molar-refractivity contribution in [3.05, 3.63) is 0 Å². The van der Waals surface area contributed by atoms with Crippen LogP contribution >= 0.6 is 0 Å². The van der Waals surface area contributed by atoms with E-state index in [9.17, 15) is 14.4 Å². The maximum Gasteiger partial charge on any atom is 0.243 e. The van der Waals surface area contributed by atoms with E-state index >= 15 is 0 Å². The van der Waals surface area contributed by atoms with Crippen LogP contribution in [0, 0.1) is 5.92 Å². The summed E-state index contributed by atoms with van der Waals surface area (Å²) in [6.07, 6.45) is 0.586. The zero-order valence-corrected chi connectivity index (χ0v) is 9.82. The fourth-order valence-corrected chi connectivity index (χ4v) is 1.07. The predicted molar refractivity (Wildman–Crippen MR) is 59.5 cm³/mol. The van der Waals surface area contributed by atoms with Crippen molar-refractivity contribution in [3.63, 3.8) is 0 Å². The largest absolute Gasteiger partial charge is 0.348 e. The van der Waals surface area contributed by atoms with Crippen LogP contribution in [0.5, 0.6) is 0 Å². The number of hydrogen-bond donors (Lipinski definition) is 3. The molecule has 0 aromatic heterocycles. The molecule has 0 aliphatic rings. The van der Waals surface area contributed by atoms with Crippen LogP contribution in [0.3, 0.4) is 0 Å². The normalized spacial score (nSPS) is 14.1. The number of rotatable bonds is 6. The molecular formula is C10H19N3O3.